The van der Waals surface area contributed by atoms with E-state index in [0.29, 0.717) is 9.33 Å². The maximum atomic E-state index is 12.4. The predicted molar refractivity (Wildman–Crippen MR) is 107 cm³/mol. The average Bonchev–Trinajstić information content (AvgIpc) is 2.61. The molecule has 0 fully saturated rings. The predicted octanol–water partition coefficient (Wildman–Crippen LogP) is 3.31. The standard InChI is InChI=1S/C16H15Cl2N3O6S/c1-27-15-6-4-11(21(23)24)8-14(15)20(28(2,25)26)9-16(22)19-13-7-10(17)3-5-12(13)18/h3-8H,9H2,1-2H3,(H,19,22). The zero-order valence-corrected chi connectivity index (χ0v) is 17.0. The molecule has 9 nitrogen and oxygen atoms in total. The van der Waals surface area contributed by atoms with Gasteiger partial charge in [0.1, 0.15) is 18.0 Å². The van der Waals surface area contributed by atoms with E-state index in [4.69, 9.17) is 27.9 Å². The number of nitrogens with zero attached hydrogens (tertiary/aromatic N) is 2. The first-order valence-electron chi connectivity index (χ1n) is 7.58. The molecule has 0 heterocycles. The number of carbonyl (C=O) groups is 1. The number of non-ortho nitro benzene ring substituents is 1. The van der Waals surface area contributed by atoms with Gasteiger partial charge in [0.15, 0.2) is 0 Å². The number of nitro groups is 1. The maximum Gasteiger partial charge on any atom is 0.271 e. The van der Waals surface area contributed by atoms with Gasteiger partial charge in [0.05, 0.1) is 29.0 Å². The first-order chi connectivity index (χ1) is 13.0. The van der Waals surface area contributed by atoms with E-state index in [9.17, 15) is 23.3 Å². The average molecular weight is 448 g/mol. The lowest BCUT2D eigenvalue weighted by Crippen LogP contribution is -2.37. The summed E-state index contributed by atoms with van der Waals surface area (Å²) in [5.41, 5.74) is -0.312. The van der Waals surface area contributed by atoms with Crippen LogP contribution in [0.4, 0.5) is 17.1 Å². The van der Waals surface area contributed by atoms with Crippen LogP contribution in [-0.4, -0.2) is 39.2 Å². The van der Waals surface area contributed by atoms with Crippen molar-refractivity contribution in [3.8, 4) is 5.75 Å². The van der Waals surface area contributed by atoms with E-state index in [1.54, 1.807) is 0 Å². The van der Waals surface area contributed by atoms with Gasteiger partial charge >= 0.3 is 0 Å². The van der Waals surface area contributed by atoms with Gasteiger partial charge in [0.2, 0.25) is 15.9 Å². The van der Waals surface area contributed by atoms with Crippen molar-refractivity contribution < 1.29 is 22.9 Å². The minimum absolute atomic E-state index is 0.0459. The van der Waals surface area contributed by atoms with Crippen LogP contribution in [0.3, 0.4) is 0 Å². The topological polar surface area (TPSA) is 119 Å². The van der Waals surface area contributed by atoms with Crippen LogP contribution in [0.2, 0.25) is 10.0 Å². The SMILES string of the molecule is COc1ccc([N+](=O)[O-])cc1N(CC(=O)Nc1cc(Cl)ccc1Cl)S(C)(=O)=O. The molecule has 0 aliphatic carbocycles. The number of ether oxygens (including phenoxy) is 1. The molecule has 2 aromatic carbocycles. The van der Waals surface area contributed by atoms with Crippen LogP contribution >= 0.6 is 23.2 Å². The minimum atomic E-state index is -3.99. The highest BCUT2D eigenvalue weighted by molar-refractivity contribution is 7.92. The Kier molecular flexibility index (Phi) is 6.70. The van der Waals surface area contributed by atoms with Crippen LogP contribution in [0.1, 0.15) is 0 Å². The Morgan fingerprint density at radius 2 is 1.93 bits per heavy atom. The van der Waals surface area contributed by atoms with Gasteiger partial charge in [-0.3, -0.25) is 19.2 Å². The maximum absolute atomic E-state index is 12.4. The zero-order valence-electron chi connectivity index (χ0n) is 14.7. The van der Waals surface area contributed by atoms with E-state index in [0.717, 1.165) is 18.4 Å². The number of nitrogens with one attached hydrogen (secondary N) is 1. The van der Waals surface area contributed by atoms with Crippen LogP contribution < -0.4 is 14.4 Å². The summed E-state index contributed by atoms with van der Waals surface area (Å²) in [6, 6.07) is 7.82. The van der Waals surface area contributed by atoms with Gasteiger partial charge in [-0.1, -0.05) is 23.2 Å². The van der Waals surface area contributed by atoms with Gasteiger partial charge < -0.3 is 10.1 Å². The van der Waals surface area contributed by atoms with Gasteiger partial charge in [-0.15, -0.1) is 0 Å². The van der Waals surface area contributed by atoms with E-state index in [2.05, 4.69) is 5.32 Å². The molecule has 1 N–H and O–H groups in total. The molecule has 2 aromatic rings. The molecular weight excluding hydrogens is 433 g/mol. The Morgan fingerprint density at radius 1 is 1.25 bits per heavy atom. The van der Waals surface area contributed by atoms with Crippen LogP contribution in [0.15, 0.2) is 36.4 Å². The number of hydrogen-bond donors (Lipinski definition) is 1. The quantitative estimate of drug-likeness (QED) is 0.513. The van der Waals surface area contributed by atoms with Gasteiger partial charge in [0.25, 0.3) is 5.69 Å². The summed E-state index contributed by atoms with van der Waals surface area (Å²) in [5, 5.41) is 14.0. The van der Waals surface area contributed by atoms with Crippen molar-refractivity contribution in [2.45, 2.75) is 0 Å². The molecule has 12 heteroatoms. The minimum Gasteiger partial charge on any atom is -0.495 e. The summed E-state index contributed by atoms with van der Waals surface area (Å²) in [4.78, 5) is 22.8. The third-order valence-corrected chi connectivity index (χ3v) is 5.22. The zero-order chi connectivity index (χ0) is 21.1. The smallest absolute Gasteiger partial charge is 0.271 e. The Bertz CT molecular complexity index is 1030. The molecule has 0 bridgehead atoms. The highest BCUT2D eigenvalue weighted by Gasteiger charge is 2.26. The summed E-state index contributed by atoms with van der Waals surface area (Å²) < 4.78 is 30.3. The van der Waals surface area contributed by atoms with E-state index in [-0.39, 0.29) is 27.8 Å². The second kappa shape index (κ2) is 8.63. The third-order valence-electron chi connectivity index (χ3n) is 3.53. The number of nitro benzene ring substituents is 1. The molecular formula is C16H15Cl2N3O6S. The lowest BCUT2D eigenvalue weighted by molar-refractivity contribution is -0.384. The van der Waals surface area contributed by atoms with Crippen molar-refractivity contribution >= 4 is 56.2 Å². The Balaban J connectivity index is 2.40. The molecule has 0 spiro atoms. The third kappa shape index (κ3) is 5.24. The van der Waals surface area contributed by atoms with Gasteiger partial charge in [-0.2, -0.15) is 0 Å². The fourth-order valence-electron chi connectivity index (χ4n) is 2.28. The number of hydrogen-bond acceptors (Lipinski definition) is 6. The van der Waals surface area contributed by atoms with Crippen molar-refractivity contribution in [1.82, 2.24) is 0 Å². The lowest BCUT2D eigenvalue weighted by atomic mass is 10.2. The Hall–Kier alpha value is -2.56. The second-order valence-corrected chi connectivity index (χ2v) is 8.31. The number of methoxy groups -OCH3 is 1. The molecule has 0 saturated heterocycles. The van der Waals surface area contributed by atoms with Gasteiger partial charge in [-0.25, -0.2) is 8.42 Å². The van der Waals surface area contributed by atoms with E-state index in [1.165, 1.54) is 31.4 Å². The number of amides is 1. The van der Waals surface area contributed by atoms with Crippen molar-refractivity contribution in [3.63, 3.8) is 0 Å². The fourth-order valence-corrected chi connectivity index (χ4v) is 3.47. The Morgan fingerprint density at radius 3 is 2.50 bits per heavy atom. The van der Waals surface area contributed by atoms with Crippen LogP contribution in [-0.2, 0) is 14.8 Å². The molecule has 0 atom stereocenters. The van der Waals surface area contributed by atoms with Crippen molar-refractivity contribution in [2.24, 2.45) is 0 Å². The molecule has 150 valence electrons. The van der Waals surface area contributed by atoms with Crippen molar-refractivity contribution in [3.05, 3.63) is 56.6 Å². The van der Waals surface area contributed by atoms with E-state index in [1.807, 2.05) is 0 Å². The second-order valence-electron chi connectivity index (χ2n) is 5.56. The molecule has 0 aliphatic rings. The van der Waals surface area contributed by atoms with E-state index < -0.39 is 27.4 Å². The van der Waals surface area contributed by atoms with Gasteiger partial charge in [-0.05, 0) is 24.3 Å². The van der Waals surface area contributed by atoms with Crippen molar-refractivity contribution in [2.75, 3.05) is 29.5 Å². The molecule has 1 amide bonds. The normalized spacial score (nSPS) is 11.0. The first-order valence-corrected chi connectivity index (χ1v) is 10.2. The summed E-state index contributed by atoms with van der Waals surface area (Å²) in [6.45, 7) is -0.667. The molecule has 2 rings (SSSR count). The number of sulfonamides is 1. The van der Waals surface area contributed by atoms with Crippen LogP contribution in [0, 0.1) is 10.1 Å². The molecule has 0 unspecified atom stereocenters. The highest BCUT2D eigenvalue weighted by Crippen LogP contribution is 2.34. The highest BCUT2D eigenvalue weighted by atomic mass is 35.5. The van der Waals surface area contributed by atoms with Crippen molar-refractivity contribution in [1.29, 1.82) is 0 Å². The monoisotopic (exact) mass is 447 g/mol. The molecule has 0 saturated carbocycles. The summed E-state index contributed by atoms with van der Waals surface area (Å²) in [5.74, 6) is -0.687. The molecule has 0 aliphatic heterocycles. The number of rotatable bonds is 7. The number of carbonyl (C=O) groups excluding carboxylic acids is 1. The number of halogens is 2. The largest absolute Gasteiger partial charge is 0.495 e. The first kappa shape index (κ1) is 21.7. The van der Waals surface area contributed by atoms with Crippen LogP contribution in [0.25, 0.3) is 0 Å². The summed E-state index contributed by atoms with van der Waals surface area (Å²) in [7, 11) is -2.71. The fraction of sp³-hybridized carbons (Fsp3) is 0.188. The lowest BCUT2D eigenvalue weighted by Gasteiger charge is -2.23. The molecule has 0 aromatic heterocycles. The number of anilines is 2. The summed E-state index contributed by atoms with van der Waals surface area (Å²) in [6.07, 6.45) is 0.866. The van der Waals surface area contributed by atoms with Gasteiger partial charge in [0, 0.05) is 17.2 Å². The Labute approximate surface area is 171 Å². The van der Waals surface area contributed by atoms with E-state index >= 15 is 0 Å². The molecule has 0 radical (unpaired) electrons. The van der Waals surface area contributed by atoms with Crippen LogP contribution in [0.5, 0.6) is 5.75 Å². The summed E-state index contributed by atoms with van der Waals surface area (Å²) >= 11 is 11.9. The molecule has 28 heavy (non-hydrogen) atoms. The number of benzene rings is 2.